The van der Waals surface area contributed by atoms with E-state index in [9.17, 15) is 16.8 Å². The van der Waals surface area contributed by atoms with Crippen molar-refractivity contribution in [1.82, 2.24) is 9.88 Å². The smallest absolute Gasteiger partial charge is 0.210 e. The minimum Gasteiger partial charge on any atom is -0.361 e. The number of nitrogens with zero attached hydrogens (tertiary/aromatic N) is 1. The van der Waals surface area contributed by atoms with Gasteiger partial charge in [-0.25, -0.2) is 22.0 Å². The number of H-pyrrole nitrogens is 1. The summed E-state index contributed by atoms with van der Waals surface area (Å²) in [5, 5.41) is 6.27. The first-order valence-corrected chi connectivity index (χ1v) is 13.2. The Morgan fingerprint density at radius 1 is 1.21 bits per heavy atom. The second-order valence-electron chi connectivity index (χ2n) is 7.58. The number of hydrogen-bond donors (Lipinski definition) is 2. The van der Waals surface area contributed by atoms with Gasteiger partial charge in [-0.2, -0.15) is 0 Å². The van der Waals surface area contributed by atoms with Crippen LogP contribution in [0.2, 0.25) is 0 Å². The molecule has 3 N–H and O–H groups in total. The summed E-state index contributed by atoms with van der Waals surface area (Å²) in [6.07, 6.45) is 5.44. The summed E-state index contributed by atoms with van der Waals surface area (Å²) in [4.78, 5) is 5.50. The van der Waals surface area contributed by atoms with E-state index in [0.717, 1.165) is 42.3 Å². The van der Waals surface area contributed by atoms with Crippen LogP contribution < -0.4 is 5.14 Å². The maximum Gasteiger partial charge on any atom is 0.210 e. The van der Waals surface area contributed by atoms with Crippen LogP contribution >= 0.6 is 0 Å². The maximum atomic E-state index is 11.8. The third kappa shape index (κ3) is 5.56. The second-order valence-corrected chi connectivity index (χ2v) is 11.8. The predicted molar refractivity (Wildman–Crippen MR) is 113 cm³/mol. The van der Waals surface area contributed by atoms with Gasteiger partial charge in [-0.3, -0.25) is 4.90 Å². The molecule has 9 heteroatoms. The summed E-state index contributed by atoms with van der Waals surface area (Å²) in [6, 6.07) is 6.35. The van der Waals surface area contributed by atoms with Crippen LogP contribution in [0.25, 0.3) is 10.9 Å². The molecule has 0 amide bonds. The Balaban J connectivity index is 1.73. The number of aromatic amines is 1. The molecule has 3 rings (SSSR count). The number of aryl methyl sites for hydroxylation is 1. The van der Waals surface area contributed by atoms with Gasteiger partial charge >= 0.3 is 0 Å². The summed E-state index contributed by atoms with van der Waals surface area (Å²) in [6.45, 7) is 3.03. The summed E-state index contributed by atoms with van der Waals surface area (Å²) < 4.78 is 46.1. The summed E-state index contributed by atoms with van der Waals surface area (Å²) in [5.74, 6) is 0.312. The first kappa shape index (κ1) is 21.3. The lowest BCUT2D eigenvalue weighted by molar-refractivity contribution is 0.267. The van der Waals surface area contributed by atoms with Crippen molar-refractivity contribution in [1.29, 1.82) is 0 Å². The zero-order valence-electron chi connectivity index (χ0n) is 16.2. The number of likely N-dealkylation sites (tertiary alicyclic amines) is 1. The van der Waals surface area contributed by atoms with Crippen molar-refractivity contribution in [2.24, 2.45) is 5.14 Å². The molecule has 1 saturated heterocycles. The average molecular weight is 428 g/mol. The molecule has 0 unspecified atom stereocenters. The normalized spacial score (nSPS) is 18.9. The molecule has 0 bridgehead atoms. The first-order chi connectivity index (χ1) is 13.2. The monoisotopic (exact) mass is 427 g/mol. The van der Waals surface area contributed by atoms with Crippen molar-refractivity contribution in [2.45, 2.75) is 38.6 Å². The van der Waals surface area contributed by atoms with Crippen molar-refractivity contribution < 1.29 is 16.8 Å². The Labute approximate surface area is 167 Å². The van der Waals surface area contributed by atoms with Crippen LogP contribution in [0.5, 0.6) is 0 Å². The van der Waals surface area contributed by atoms with Gasteiger partial charge in [-0.1, -0.05) is 13.0 Å². The molecule has 0 radical (unpaired) electrons. The third-order valence-electron chi connectivity index (χ3n) is 5.59. The van der Waals surface area contributed by atoms with Crippen LogP contribution in [0.15, 0.2) is 24.4 Å². The molecule has 28 heavy (non-hydrogen) atoms. The lowest BCUT2D eigenvalue weighted by atomic mass is 10.0. The standard InChI is InChI=1S/C19H29N3O4S2/c1-2-27(23,24)10-7-15-5-6-19-18(12-15)16(14-21-19)13-17-4-3-8-22(17)9-11-28(20,25)26/h5-6,12,14,17,21H,2-4,7-11,13H2,1H3,(H2,20,25,26)/t17-/m1/s1. The number of rotatable bonds is 9. The Kier molecular flexibility index (Phi) is 6.48. The van der Waals surface area contributed by atoms with Crippen LogP contribution in [0.3, 0.4) is 0 Å². The molecule has 1 aliphatic rings. The van der Waals surface area contributed by atoms with E-state index in [-0.39, 0.29) is 17.3 Å². The molecule has 1 aromatic heterocycles. The van der Waals surface area contributed by atoms with Crippen LogP contribution in [0.4, 0.5) is 0 Å². The number of benzene rings is 1. The van der Waals surface area contributed by atoms with Crippen LogP contribution in [-0.4, -0.2) is 63.1 Å². The second kappa shape index (κ2) is 8.52. The maximum absolute atomic E-state index is 11.8. The number of hydrogen-bond acceptors (Lipinski definition) is 5. The van der Waals surface area contributed by atoms with Gasteiger partial charge in [-0.15, -0.1) is 0 Å². The molecule has 1 atom stereocenters. The number of primary sulfonamides is 1. The highest BCUT2D eigenvalue weighted by atomic mass is 32.2. The Morgan fingerprint density at radius 2 is 2.00 bits per heavy atom. The molecule has 1 fully saturated rings. The highest BCUT2D eigenvalue weighted by molar-refractivity contribution is 7.91. The topological polar surface area (TPSA) is 113 Å². The Hall–Kier alpha value is -1.42. The minimum atomic E-state index is -3.45. The molecule has 0 spiro atoms. The van der Waals surface area contributed by atoms with Crippen molar-refractivity contribution in [2.75, 3.05) is 30.3 Å². The van der Waals surface area contributed by atoms with Gasteiger partial charge in [0.25, 0.3) is 0 Å². The molecular weight excluding hydrogens is 398 g/mol. The van der Waals surface area contributed by atoms with E-state index in [1.807, 2.05) is 18.3 Å². The summed E-state index contributed by atoms with van der Waals surface area (Å²) in [7, 11) is -6.44. The van der Waals surface area contributed by atoms with Crippen LogP contribution in [0, 0.1) is 0 Å². The van der Waals surface area contributed by atoms with E-state index in [0.29, 0.717) is 19.0 Å². The zero-order valence-corrected chi connectivity index (χ0v) is 17.9. The number of nitrogens with one attached hydrogen (secondary N) is 1. The predicted octanol–water partition coefficient (Wildman–Crippen LogP) is 1.44. The zero-order chi connectivity index (χ0) is 20.4. The number of sulfonamides is 1. The minimum absolute atomic E-state index is 0.0204. The molecule has 156 valence electrons. The highest BCUT2D eigenvalue weighted by Crippen LogP contribution is 2.26. The van der Waals surface area contributed by atoms with E-state index in [1.54, 1.807) is 6.92 Å². The van der Waals surface area contributed by atoms with E-state index >= 15 is 0 Å². The summed E-state index contributed by atoms with van der Waals surface area (Å²) in [5.41, 5.74) is 3.23. The first-order valence-electron chi connectivity index (χ1n) is 9.71. The quantitative estimate of drug-likeness (QED) is 0.629. The SMILES string of the molecule is CCS(=O)(=O)CCc1ccc2[nH]cc(C[C@H]3CCCN3CCS(N)(=O)=O)c2c1. The van der Waals surface area contributed by atoms with Crippen molar-refractivity contribution in [3.05, 3.63) is 35.5 Å². The molecule has 7 nitrogen and oxygen atoms in total. The van der Waals surface area contributed by atoms with Gasteiger partial charge < -0.3 is 4.98 Å². The number of aromatic nitrogens is 1. The largest absolute Gasteiger partial charge is 0.361 e. The van der Waals surface area contributed by atoms with Gasteiger partial charge in [0.2, 0.25) is 10.0 Å². The van der Waals surface area contributed by atoms with Gasteiger partial charge in [0.15, 0.2) is 0 Å². The van der Waals surface area contributed by atoms with E-state index in [4.69, 9.17) is 5.14 Å². The van der Waals surface area contributed by atoms with E-state index in [2.05, 4.69) is 16.0 Å². The van der Waals surface area contributed by atoms with Gasteiger partial charge in [-0.05, 0) is 55.5 Å². The fraction of sp³-hybridized carbons (Fsp3) is 0.579. The molecule has 2 heterocycles. The number of sulfone groups is 1. The van der Waals surface area contributed by atoms with Crippen LogP contribution in [-0.2, 0) is 32.7 Å². The lowest BCUT2D eigenvalue weighted by Crippen LogP contribution is -2.36. The van der Waals surface area contributed by atoms with Crippen molar-refractivity contribution in [3.8, 4) is 0 Å². The van der Waals surface area contributed by atoms with E-state index < -0.39 is 19.9 Å². The van der Waals surface area contributed by atoms with Crippen molar-refractivity contribution in [3.63, 3.8) is 0 Å². The summed E-state index contributed by atoms with van der Waals surface area (Å²) >= 11 is 0. The molecule has 1 aromatic carbocycles. The van der Waals surface area contributed by atoms with Crippen molar-refractivity contribution >= 4 is 30.8 Å². The van der Waals surface area contributed by atoms with Gasteiger partial charge in [0.05, 0.1) is 11.5 Å². The van der Waals surface area contributed by atoms with E-state index in [1.165, 1.54) is 5.56 Å². The Bertz CT molecular complexity index is 1030. The molecular formula is C19H29N3O4S2. The lowest BCUT2D eigenvalue weighted by Gasteiger charge is -2.23. The average Bonchev–Trinajstić information content (AvgIpc) is 3.25. The number of nitrogens with two attached hydrogens (primary N) is 1. The fourth-order valence-electron chi connectivity index (χ4n) is 3.89. The Morgan fingerprint density at radius 3 is 2.71 bits per heavy atom. The third-order valence-corrected chi connectivity index (χ3v) is 8.05. The van der Waals surface area contributed by atoms with Crippen LogP contribution in [0.1, 0.15) is 30.9 Å². The molecule has 0 aliphatic carbocycles. The molecule has 0 saturated carbocycles. The molecule has 1 aliphatic heterocycles. The highest BCUT2D eigenvalue weighted by Gasteiger charge is 2.26. The van der Waals surface area contributed by atoms with Gasteiger partial charge in [0.1, 0.15) is 9.84 Å². The van der Waals surface area contributed by atoms with Gasteiger partial charge in [0, 0.05) is 35.4 Å². The number of fused-ring (bicyclic) bond motifs is 1. The molecule has 2 aromatic rings. The fourth-order valence-corrected chi connectivity index (χ4v) is 5.21.